The molecule has 1 aromatic rings. The number of hydrogen-bond donors (Lipinski definition) is 0. The van der Waals surface area contributed by atoms with E-state index in [1.165, 1.54) is 25.3 Å². The van der Waals surface area contributed by atoms with Crippen molar-refractivity contribution in [1.29, 1.82) is 0 Å². The van der Waals surface area contributed by atoms with Gasteiger partial charge in [0.1, 0.15) is 5.69 Å². The molecule has 1 atom stereocenters. The molecule has 8 heteroatoms. The number of nitrogens with zero attached hydrogens (tertiary/aromatic N) is 4. The molecule has 3 fully saturated rings. The SMILES string of the molecule is CC1CCN(CC2CCCN(c3ccc(C(=O)N4CCOCC4)cc3[N+](=O)[O-])C2)CC1. The zero-order valence-corrected chi connectivity index (χ0v) is 18.5. The van der Waals surface area contributed by atoms with E-state index in [1.807, 2.05) is 0 Å². The van der Waals surface area contributed by atoms with Gasteiger partial charge in [-0.15, -0.1) is 0 Å². The molecule has 0 aliphatic carbocycles. The van der Waals surface area contributed by atoms with Crippen molar-refractivity contribution >= 4 is 17.3 Å². The molecule has 8 nitrogen and oxygen atoms in total. The van der Waals surface area contributed by atoms with Crippen LogP contribution in [0.5, 0.6) is 0 Å². The molecule has 0 saturated carbocycles. The number of piperidine rings is 2. The second-order valence-electron chi connectivity index (χ2n) is 9.30. The van der Waals surface area contributed by atoms with E-state index in [9.17, 15) is 14.9 Å². The lowest BCUT2D eigenvalue weighted by molar-refractivity contribution is -0.384. The number of ether oxygens (including phenoxy) is 1. The molecule has 1 aromatic carbocycles. The minimum Gasteiger partial charge on any atom is -0.378 e. The Morgan fingerprint density at radius 1 is 1.13 bits per heavy atom. The predicted molar refractivity (Wildman–Crippen MR) is 120 cm³/mol. The molecule has 0 aromatic heterocycles. The fraction of sp³-hybridized carbons (Fsp3) is 0.696. The third-order valence-corrected chi connectivity index (χ3v) is 6.97. The van der Waals surface area contributed by atoms with E-state index in [-0.39, 0.29) is 16.5 Å². The van der Waals surface area contributed by atoms with Crippen LogP contribution >= 0.6 is 0 Å². The average molecular weight is 431 g/mol. The highest BCUT2D eigenvalue weighted by molar-refractivity contribution is 5.96. The van der Waals surface area contributed by atoms with Crippen molar-refractivity contribution in [2.75, 3.05) is 63.9 Å². The van der Waals surface area contributed by atoms with Crippen LogP contribution in [-0.2, 0) is 4.74 Å². The summed E-state index contributed by atoms with van der Waals surface area (Å²) in [5.74, 6) is 1.19. The Hall–Kier alpha value is -2.19. The van der Waals surface area contributed by atoms with Crippen molar-refractivity contribution < 1.29 is 14.5 Å². The Kier molecular flexibility index (Phi) is 7.07. The van der Waals surface area contributed by atoms with Crippen LogP contribution in [-0.4, -0.2) is 79.7 Å². The van der Waals surface area contributed by atoms with E-state index in [2.05, 4.69) is 16.7 Å². The van der Waals surface area contributed by atoms with Gasteiger partial charge >= 0.3 is 0 Å². The fourth-order valence-corrected chi connectivity index (χ4v) is 5.06. The molecule has 0 bridgehead atoms. The van der Waals surface area contributed by atoms with Gasteiger partial charge in [-0.1, -0.05) is 6.92 Å². The Bertz CT molecular complexity index is 788. The number of carbonyl (C=O) groups is 1. The zero-order chi connectivity index (χ0) is 21.8. The molecule has 0 N–H and O–H groups in total. The van der Waals surface area contributed by atoms with Gasteiger partial charge in [-0.2, -0.15) is 0 Å². The van der Waals surface area contributed by atoms with Gasteiger partial charge in [0, 0.05) is 44.4 Å². The number of carbonyl (C=O) groups excluding carboxylic acids is 1. The number of hydrogen-bond acceptors (Lipinski definition) is 6. The summed E-state index contributed by atoms with van der Waals surface area (Å²) >= 11 is 0. The number of benzene rings is 1. The van der Waals surface area contributed by atoms with Crippen molar-refractivity contribution in [3.8, 4) is 0 Å². The molecule has 3 aliphatic heterocycles. The number of likely N-dealkylation sites (tertiary alicyclic amines) is 1. The standard InChI is InChI=1S/C23H34N4O4/c1-18-6-9-24(10-7-18)16-19-3-2-8-26(17-19)21-5-4-20(15-22(21)27(29)30)23(28)25-11-13-31-14-12-25/h4-5,15,18-19H,2-3,6-14,16-17H2,1H3. The van der Waals surface area contributed by atoms with Crippen molar-refractivity contribution in [2.24, 2.45) is 11.8 Å². The lowest BCUT2D eigenvalue weighted by Gasteiger charge is -2.38. The molecule has 1 amide bonds. The Morgan fingerprint density at radius 3 is 2.58 bits per heavy atom. The number of nitro benzene ring substituents is 1. The molecular weight excluding hydrogens is 396 g/mol. The van der Waals surface area contributed by atoms with Gasteiger partial charge in [-0.05, 0) is 62.7 Å². The quantitative estimate of drug-likeness (QED) is 0.528. The summed E-state index contributed by atoms with van der Waals surface area (Å²) in [5.41, 5.74) is 1.06. The number of morpholine rings is 1. The van der Waals surface area contributed by atoms with Gasteiger partial charge < -0.3 is 19.4 Å². The van der Waals surface area contributed by atoms with Crippen LogP contribution in [0.1, 0.15) is 43.0 Å². The first-order valence-electron chi connectivity index (χ1n) is 11.6. The minimum atomic E-state index is -0.346. The van der Waals surface area contributed by atoms with Crippen LogP contribution in [0, 0.1) is 22.0 Å². The first kappa shape index (κ1) is 22.0. The average Bonchev–Trinajstić information content (AvgIpc) is 2.80. The number of anilines is 1. The second kappa shape index (κ2) is 9.96. The maximum Gasteiger partial charge on any atom is 0.293 e. The van der Waals surface area contributed by atoms with Gasteiger partial charge in [0.15, 0.2) is 0 Å². The van der Waals surface area contributed by atoms with Gasteiger partial charge in [0.2, 0.25) is 0 Å². The van der Waals surface area contributed by atoms with Crippen LogP contribution in [0.25, 0.3) is 0 Å². The molecule has 3 aliphatic rings. The summed E-state index contributed by atoms with van der Waals surface area (Å²) in [5, 5.41) is 11.9. The van der Waals surface area contributed by atoms with Crippen molar-refractivity contribution in [1.82, 2.24) is 9.80 Å². The summed E-state index contributed by atoms with van der Waals surface area (Å²) in [6.45, 7) is 9.46. The van der Waals surface area contributed by atoms with Crippen LogP contribution in [0.15, 0.2) is 18.2 Å². The Labute approximate surface area is 184 Å². The monoisotopic (exact) mass is 430 g/mol. The first-order chi connectivity index (χ1) is 15.0. The topological polar surface area (TPSA) is 79.2 Å². The van der Waals surface area contributed by atoms with Crippen LogP contribution in [0.2, 0.25) is 0 Å². The summed E-state index contributed by atoms with van der Waals surface area (Å²) in [6, 6.07) is 4.98. The van der Waals surface area contributed by atoms with Crippen molar-refractivity contribution in [2.45, 2.75) is 32.6 Å². The molecule has 0 spiro atoms. The fourth-order valence-electron chi connectivity index (χ4n) is 5.06. The second-order valence-corrected chi connectivity index (χ2v) is 9.30. The summed E-state index contributed by atoms with van der Waals surface area (Å²) in [6.07, 6.45) is 4.74. The van der Waals surface area contributed by atoms with E-state index < -0.39 is 0 Å². The zero-order valence-electron chi connectivity index (χ0n) is 18.5. The molecule has 1 unspecified atom stereocenters. The van der Waals surface area contributed by atoms with Crippen molar-refractivity contribution in [3.63, 3.8) is 0 Å². The molecule has 3 heterocycles. The molecular formula is C23H34N4O4. The van der Waals surface area contributed by atoms with E-state index >= 15 is 0 Å². The predicted octanol–water partition coefficient (Wildman–Crippen LogP) is 3.02. The van der Waals surface area contributed by atoms with Crippen LogP contribution in [0.3, 0.4) is 0 Å². The molecule has 4 rings (SSSR count). The van der Waals surface area contributed by atoms with E-state index in [1.54, 1.807) is 17.0 Å². The van der Waals surface area contributed by atoms with E-state index in [4.69, 9.17) is 4.74 Å². The molecule has 170 valence electrons. The van der Waals surface area contributed by atoms with Crippen LogP contribution < -0.4 is 4.90 Å². The maximum absolute atomic E-state index is 12.8. The Balaban J connectivity index is 1.46. The molecule has 0 radical (unpaired) electrons. The highest BCUT2D eigenvalue weighted by Gasteiger charge is 2.29. The molecule has 3 saturated heterocycles. The number of amides is 1. The lowest BCUT2D eigenvalue weighted by atomic mass is 9.94. The van der Waals surface area contributed by atoms with Crippen molar-refractivity contribution in [3.05, 3.63) is 33.9 Å². The third-order valence-electron chi connectivity index (χ3n) is 6.97. The summed E-state index contributed by atoms with van der Waals surface area (Å²) in [7, 11) is 0. The van der Waals surface area contributed by atoms with Crippen LogP contribution in [0.4, 0.5) is 11.4 Å². The number of nitro groups is 1. The summed E-state index contributed by atoms with van der Waals surface area (Å²) < 4.78 is 5.30. The van der Waals surface area contributed by atoms with Gasteiger partial charge in [-0.3, -0.25) is 14.9 Å². The van der Waals surface area contributed by atoms with Gasteiger partial charge in [0.05, 0.1) is 18.1 Å². The largest absolute Gasteiger partial charge is 0.378 e. The maximum atomic E-state index is 12.8. The number of rotatable bonds is 5. The lowest BCUT2D eigenvalue weighted by Crippen LogP contribution is -2.43. The van der Waals surface area contributed by atoms with E-state index in [0.717, 1.165) is 45.1 Å². The first-order valence-corrected chi connectivity index (χ1v) is 11.6. The highest BCUT2D eigenvalue weighted by Crippen LogP contribution is 2.33. The minimum absolute atomic E-state index is 0.0338. The smallest absolute Gasteiger partial charge is 0.293 e. The highest BCUT2D eigenvalue weighted by atomic mass is 16.6. The van der Waals surface area contributed by atoms with Gasteiger partial charge in [0.25, 0.3) is 11.6 Å². The Morgan fingerprint density at radius 2 is 1.87 bits per heavy atom. The molecule has 31 heavy (non-hydrogen) atoms. The third kappa shape index (κ3) is 5.36. The van der Waals surface area contributed by atoms with Gasteiger partial charge in [-0.25, -0.2) is 0 Å². The summed E-state index contributed by atoms with van der Waals surface area (Å²) in [4.78, 5) is 30.7. The van der Waals surface area contributed by atoms with E-state index in [0.29, 0.717) is 43.5 Å². The normalized spacial score (nSPS) is 23.7.